The van der Waals surface area contributed by atoms with Crippen LogP contribution >= 0.6 is 0 Å². The van der Waals surface area contributed by atoms with E-state index in [4.69, 9.17) is 0 Å². The van der Waals surface area contributed by atoms with Crippen LogP contribution in [0.4, 0.5) is 5.82 Å². The summed E-state index contributed by atoms with van der Waals surface area (Å²) in [5.41, 5.74) is -0.0760. The second-order valence-corrected chi connectivity index (χ2v) is 4.50. The molecule has 0 radical (unpaired) electrons. The Balaban J connectivity index is 2.12. The molecule has 1 aromatic rings. The van der Waals surface area contributed by atoms with Gasteiger partial charge < -0.3 is 15.2 Å². The maximum absolute atomic E-state index is 11.3. The van der Waals surface area contributed by atoms with Crippen molar-refractivity contribution in [3.63, 3.8) is 0 Å². The van der Waals surface area contributed by atoms with Crippen LogP contribution in [0.2, 0.25) is 0 Å². The number of rotatable bonds is 4. The molecule has 0 aliphatic carbocycles. The number of H-pyrrole nitrogens is 1. The Morgan fingerprint density at radius 2 is 2.47 bits per heavy atom. The zero-order valence-corrected chi connectivity index (χ0v) is 10.3. The van der Waals surface area contributed by atoms with Gasteiger partial charge in [-0.15, -0.1) is 0 Å². The molecule has 0 spiro atoms. The van der Waals surface area contributed by atoms with Gasteiger partial charge in [0, 0.05) is 18.7 Å². The summed E-state index contributed by atoms with van der Waals surface area (Å²) in [5.74, 6) is 0.814. The Morgan fingerprint density at radius 3 is 3.24 bits per heavy atom. The van der Waals surface area contributed by atoms with Gasteiger partial charge in [0.2, 0.25) is 0 Å². The van der Waals surface area contributed by atoms with Crippen molar-refractivity contribution in [1.29, 1.82) is 0 Å². The predicted molar refractivity (Wildman–Crippen MR) is 68.4 cm³/mol. The largest absolute Gasteiger partial charge is 0.353 e. The van der Waals surface area contributed by atoms with E-state index in [0.717, 1.165) is 25.3 Å². The van der Waals surface area contributed by atoms with Gasteiger partial charge >= 0.3 is 0 Å². The van der Waals surface area contributed by atoms with Crippen LogP contribution in [0.1, 0.15) is 25.7 Å². The molecule has 1 aromatic heterocycles. The topological polar surface area (TPSA) is 61.0 Å². The minimum Gasteiger partial charge on any atom is -0.353 e. The van der Waals surface area contributed by atoms with E-state index in [1.165, 1.54) is 25.6 Å². The van der Waals surface area contributed by atoms with Crippen LogP contribution in [0, 0.1) is 0 Å². The SMILES string of the molecule is CNCCC1CCCCN1c1cc(=O)[nH]cn1. The fourth-order valence-electron chi connectivity index (χ4n) is 2.43. The van der Waals surface area contributed by atoms with Gasteiger partial charge in [-0.05, 0) is 39.3 Å². The number of piperidine rings is 1. The summed E-state index contributed by atoms with van der Waals surface area (Å²) < 4.78 is 0. The first kappa shape index (κ1) is 12.1. The Kier molecular flexibility index (Phi) is 4.14. The molecule has 0 bridgehead atoms. The molecule has 1 unspecified atom stereocenters. The van der Waals surface area contributed by atoms with Crippen LogP contribution in [-0.2, 0) is 0 Å². The molecule has 0 aromatic carbocycles. The van der Waals surface area contributed by atoms with E-state index in [2.05, 4.69) is 20.2 Å². The molecule has 2 heterocycles. The van der Waals surface area contributed by atoms with Crippen molar-refractivity contribution in [2.45, 2.75) is 31.7 Å². The highest BCUT2D eigenvalue weighted by atomic mass is 16.1. The Labute approximate surface area is 101 Å². The molecule has 1 aliphatic heterocycles. The smallest absolute Gasteiger partial charge is 0.252 e. The summed E-state index contributed by atoms with van der Waals surface area (Å²) in [4.78, 5) is 20.4. The third kappa shape index (κ3) is 3.06. The lowest BCUT2D eigenvalue weighted by Crippen LogP contribution is -2.42. The third-order valence-electron chi connectivity index (χ3n) is 3.31. The van der Waals surface area contributed by atoms with Crippen LogP contribution in [0.3, 0.4) is 0 Å². The maximum atomic E-state index is 11.3. The average Bonchev–Trinajstić information content (AvgIpc) is 2.37. The van der Waals surface area contributed by atoms with E-state index in [0.29, 0.717) is 6.04 Å². The van der Waals surface area contributed by atoms with Gasteiger partial charge in [0.05, 0.1) is 6.33 Å². The molecule has 94 valence electrons. The molecular weight excluding hydrogens is 216 g/mol. The van der Waals surface area contributed by atoms with Gasteiger partial charge in [0.25, 0.3) is 5.56 Å². The molecule has 1 fully saturated rings. The van der Waals surface area contributed by atoms with Crippen molar-refractivity contribution in [2.75, 3.05) is 25.0 Å². The lowest BCUT2D eigenvalue weighted by Gasteiger charge is -2.36. The van der Waals surface area contributed by atoms with Crippen LogP contribution in [0.5, 0.6) is 0 Å². The number of nitrogens with one attached hydrogen (secondary N) is 2. The summed E-state index contributed by atoms with van der Waals surface area (Å²) in [6, 6.07) is 2.10. The van der Waals surface area contributed by atoms with Gasteiger partial charge in [-0.25, -0.2) is 4.98 Å². The van der Waals surface area contributed by atoms with Crippen molar-refractivity contribution < 1.29 is 0 Å². The van der Waals surface area contributed by atoms with Gasteiger partial charge in [0.15, 0.2) is 0 Å². The number of hydrogen-bond donors (Lipinski definition) is 2. The summed E-state index contributed by atoms with van der Waals surface area (Å²) in [7, 11) is 1.97. The van der Waals surface area contributed by atoms with Crippen molar-refractivity contribution in [3.8, 4) is 0 Å². The molecule has 1 atom stereocenters. The molecule has 5 heteroatoms. The zero-order valence-electron chi connectivity index (χ0n) is 10.3. The van der Waals surface area contributed by atoms with Crippen LogP contribution in [0.15, 0.2) is 17.2 Å². The summed E-state index contributed by atoms with van der Waals surface area (Å²) >= 11 is 0. The van der Waals surface area contributed by atoms with Crippen LogP contribution in [0.25, 0.3) is 0 Å². The molecule has 1 saturated heterocycles. The molecular formula is C12H20N4O. The first-order valence-corrected chi connectivity index (χ1v) is 6.27. The van der Waals surface area contributed by atoms with Crippen LogP contribution in [-0.4, -0.2) is 36.1 Å². The highest BCUT2D eigenvalue weighted by Crippen LogP contribution is 2.23. The predicted octanol–water partition coefficient (Wildman–Crippen LogP) is 0.738. The molecule has 5 nitrogen and oxygen atoms in total. The number of aromatic nitrogens is 2. The molecule has 2 rings (SSSR count). The first-order valence-electron chi connectivity index (χ1n) is 6.27. The number of nitrogens with zero attached hydrogens (tertiary/aromatic N) is 2. The third-order valence-corrected chi connectivity index (χ3v) is 3.31. The quantitative estimate of drug-likeness (QED) is 0.809. The van der Waals surface area contributed by atoms with E-state index in [-0.39, 0.29) is 5.56 Å². The van der Waals surface area contributed by atoms with E-state index in [9.17, 15) is 4.79 Å². The number of aromatic amines is 1. The van der Waals surface area contributed by atoms with Crippen molar-refractivity contribution in [2.24, 2.45) is 0 Å². The molecule has 2 N–H and O–H groups in total. The minimum absolute atomic E-state index is 0.0760. The molecule has 17 heavy (non-hydrogen) atoms. The lowest BCUT2D eigenvalue weighted by atomic mass is 9.99. The summed E-state index contributed by atoms with van der Waals surface area (Å²) in [6.07, 6.45) is 6.24. The Morgan fingerprint density at radius 1 is 1.59 bits per heavy atom. The average molecular weight is 236 g/mol. The molecule has 0 amide bonds. The van der Waals surface area contributed by atoms with Gasteiger partial charge in [0.1, 0.15) is 5.82 Å². The minimum atomic E-state index is -0.0760. The fourth-order valence-corrected chi connectivity index (χ4v) is 2.43. The van der Waals surface area contributed by atoms with E-state index in [1.54, 1.807) is 6.07 Å². The van der Waals surface area contributed by atoms with Gasteiger partial charge in [-0.3, -0.25) is 4.79 Å². The highest BCUT2D eigenvalue weighted by molar-refractivity contribution is 5.38. The lowest BCUT2D eigenvalue weighted by molar-refractivity contribution is 0.430. The molecule has 0 saturated carbocycles. The van der Waals surface area contributed by atoms with Crippen molar-refractivity contribution in [1.82, 2.24) is 15.3 Å². The monoisotopic (exact) mass is 236 g/mol. The highest BCUT2D eigenvalue weighted by Gasteiger charge is 2.23. The number of anilines is 1. The fraction of sp³-hybridized carbons (Fsp3) is 0.667. The van der Waals surface area contributed by atoms with E-state index >= 15 is 0 Å². The number of hydrogen-bond acceptors (Lipinski definition) is 4. The van der Waals surface area contributed by atoms with Gasteiger partial charge in [-0.2, -0.15) is 0 Å². The molecule has 1 aliphatic rings. The normalized spacial score (nSPS) is 20.5. The standard InChI is InChI=1S/C12H20N4O/c1-13-6-5-10-4-2-3-7-16(10)11-8-12(17)15-9-14-11/h8-10,13H,2-7H2,1H3,(H,14,15,17). The second kappa shape index (κ2) is 5.82. The van der Waals surface area contributed by atoms with Crippen molar-refractivity contribution >= 4 is 5.82 Å². The summed E-state index contributed by atoms with van der Waals surface area (Å²) in [5, 5.41) is 3.18. The first-order chi connectivity index (χ1) is 8.31. The zero-order chi connectivity index (χ0) is 12.1. The van der Waals surface area contributed by atoms with Crippen LogP contribution < -0.4 is 15.8 Å². The van der Waals surface area contributed by atoms with Gasteiger partial charge in [-0.1, -0.05) is 0 Å². The maximum Gasteiger partial charge on any atom is 0.252 e. The Hall–Kier alpha value is -1.36. The van der Waals surface area contributed by atoms with E-state index < -0.39 is 0 Å². The van der Waals surface area contributed by atoms with Crippen molar-refractivity contribution in [3.05, 3.63) is 22.7 Å². The second-order valence-electron chi connectivity index (χ2n) is 4.50. The van der Waals surface area contributed by atoms with E-state index in [1.807, 2.05) is 7.05 Å². The summed E-state index contributed by atoms with van der Waals surface area (Å²) in [6.45, 7) is 2.01. The Bertz CT molecular complexity index is 403.